The molecule has 1 unspecified atom stereocenters. The number of carboxylic acids is 1. The number of anilines is 2. The molecule has 9 heteroatoms. The van der Waals surface area contributed by atoms with Crippen LogP contribution in [0.25, 0.3) is 0 Å². The van der Waals surface area contributed by atoms with E-state index in [1.54, 1.807) is 31.2 Å². The van der Waals surface area contributed by atoms with Crippen LogP contribution in [0.4, 0.5) is 11.4 Å². The van der Waals surface area contributed by atoms with Gasteiger partial charge in [-0.15, -0.1) is 0 Å². The van der Waals surface area contributed by atoms with Crippen molar-refractivity contribution < 1.29 is 14.7 Å². The number of para-hydroxylation sites is 1. The van der Waals surface area contributed by atoms with Crippen LogP contribution in [0.5, 0.6) is 0 Å². The van der Waals surface area contributed by atoms with Gasteiger partial charge in [-0.2, -0.15) is 15.2 Å². The maximum atomic E-state index is 12.6. The fraction of sp³-hybridized carbons (Fsp3) is 0.105. The highest BCUT2D eigenvalue weighted by molar-refractivity contribution is 7.80. The minimum absolute atomic E-state index is 0.140. The Bertz CT molecular complexity index is 975. The molecule has 0 saturated carbocycles. The van der Waals surface area contributed by atoms with E-state index in [1.165, 1.54) is 23.4 Å². The molecule has 0 aliphatic carbocycles. The molecule has 3 rings (SSSR count). The monoisotopic (exact) mass is 395 g/mol. The number of nitrogens with zero attached hydrogens (tertiary/aromatic N) is 3. The molecule has 142 valence electrons. The zero-order chi connectivity index (χ0) is 20.1. The number of carbonyl (C=O) groups is 2. The number of thiocarbonyl (C=S) groups is 1. The Morgan fingerprint density at radius 2 is 2.00 bits per heavy atom. The van der Waals surface area contributed by atoms with Crippen LogP contribution in [0.2, 0.25) is 0 Å². The molecule has 0 radical (unpaired) electrons. The first kappa shape index (κ1) is 19.2. The fourth-order valence-electron chi connectivity index (χ4n) is 2.56. The van der Waals surface area contributed by atoms with Crippen LogP contribution < -0.4 is 15.8 Å². The van der Waals surface area contributed by atoms with Crippen LogP contribution in [0, 0.1) is 5.92 Å². The molecule has 0 aromatic heterocycles. The second-order valence-corrected chi connectivity index (χ2v) is 6.34. The number of amides is 1. The van der Waals surface area contributed by atoms with Crippen molar-refractivity contribution >= 4 is 52.5 Å². The number of hydrogen-bond donors (Lipinski definition) is 3. The van der Waals surface area contributed by atoms with Crippen molar-refractivity contribution in [2.75, 3.05) is 10.3 Å². The van der Waals surface area contributed by atoms with Gasteiger partial charge in [0, 0.05) is 11.9 Å². The number of benzene rings is 2. The van der Waals surface area contributed by atoms with E-state index in [0.717, 1.165) is 0 Å². The van der Waals surface area contributed by atoms with E-state index in [2.05, 4.69) is 20.9 Å². The van der Waals surface area contributed by atoms with E-state index in [4.69, 9.17) is 17.3 Å². The van der Waals surface area contributed by atoms with Gasteiger partial charge in [0.2, 0.25) is 0 Å². The smallest absolute Gasteiger partial charge is 0.335 e. The zero-order valence-electron chi connectivity index (χ0n) is 14.9. The Morgan fingerprint density at radius 3 is 2.71 bits per heavy atom. The summed E-state index contributed by atoms with van der Waals surface area (Å²) in [5, 5.41) is 21.7. The van der Waals surface area contributed by atoms with Crippen LogP contribution in [0.3, 0.4) is 0 Å². The molecule has 1 heterocycles. The van der Waals surface area contributed by atoms with E-state index in [1.807, 2.05) is 18.2 Å². The van der Waals surface area contributed by atoms with E-state index in [9.17, 15) is 9.59 Å². The van der Waals surface area contributed by atoms with Gasteiger partial charge in [0.15, 0.2) is 5.11 Å². The van der Waals surface area contributed by atoms with E-state index < -0.39 is 11.9 Å². The Morgan fingerprint density at radius 1 is 1.25 bits per heavy atom. The van der Waals surface area contributed by atoms with Crippen molar-refractivity contribution in [2.45, 2.75) is 6.92 Å². The maximum absolute atomic E-state index is 12.6. The molecule has 0 spiro atoms. The average Bonchev–Trinajstić information content (AvgIpc) is 2.97. The number of nitrogens with one attached hydrogen (secondary N) is 2. The number of rotatable bonds is 5. The van der Waals surface area contributed by atoms with Crippen LogP contribution >= 0.6 is 12.2 Å². The summed E-state index contributed by atoms with van der Waals surface area (Å²) in [5.74, 6) is -1.83. The molecular weight excluding hydrogens is 378 g/mol. The topological polar surface area (TPSA) is 106 Å². The van der Waals surface area contributed by atoms with Gasteiger partial charge >= 0.3 is 5.97 Å². The Kier molecular flexibility index (Phi) is 5.75. The zero-order valence-corrected chi connectivity index (χ0v) is 15.7. The highest BCUT2D eigenvalue weighted by atomic mass is 32.1. The van der Waals surface area contributed by atoms with Crippen LogP contribution in [-0.2, 0) is 4.79 Å². The minimum atomic E-state index is -1.03. The summed E-state index contributed by atoms with van der Waals surface area (Å²) in [4.78, 5) is 23.6. The number of aromatic carboxylic acids is 1. The highest BCUT2D eigenvalue weighted by Crippen LogP contribution is 2.22. The largest absolute Gasteiger partial charge is 0.478 e. The van der Waals surface area contributed by atoms with Gasteiger partial charge in [0.25, 0.3) is 5.91 Å². The number of hydrogen-bond acceptors (Lipinski definition) is 5. The summed E-state index contributed by atoms with van der Waals surface area (Å²) in [6.45, 7) is 1.76. The SMILES string of the molecule is CC1=NN(c2ccccc2)C(=O)C1/C=N/NC(=S)Nc1cccc(C(=O)O)c1. The Hall–Kier alpha value is -3.59. The van der Waals surface area contributed by atoms with Crippen molar-refractivity contribution in [3.05, 3.63) is 60.2 Å². The molecule has 28 heavy (non-hydrogen) atoms. The molecule has 1 aliphatic heterocycles. The third-order valence-electron chi connectivity index (χ3n) is 3.94. The lowest BCUT2D eigenvalue weighted by atomic mass is 10.1. The predicted molar refractivity (Wildman–Crippen MR) is 112 cm³/mol. The van der Waals surface area contributed by atoms with Crippen LogP contribution in [0.15, 0.2) is 64.8 Å². The van der Waals surface area contributed by atoms with Gasteiger partial charge in [-0.1, -0.05) is 24.3 Å². The lowest BCUT2D eigenvalue weighted by molar-refractivity contribution is -0.118. The first-order chi connectivity index (χ1) is 13.5. The van der Waals surface area contributed by atoms with Gasteiger partial charge in [0.05, 0.1) is 17.0 Å². The summed E-state index contributed by atoms with van der Waals surface area (Å²) >= 11 is 5.13. The lowest BCUT2D eigenvalue weighted by Crippen LogP contribution is -2.29. The summed E-state index contributed by atoms with van der Waals surface area (Å²) in [5.41, 5.74) is 4.57. The summed E-state index contributed by atoms with van der Waals surface area (Å²) in [6, 6.07) is 15.4. The molecule has 0 bridgehead atoms. The molecule has 0 fully saturated rings. The number of carbonyl (C=O) groups excluding carboxylic acids is 1. The van der Waals surface area contributed by atoms with Gasteiger partial charge in [-0.05, 0) is 49.5 Å². The molecule has 3 N–H and O–H groups in total. The number of carboxylic acid groups (broad SMARTS) is 1. The summed E-state index contributed by atoms with van der Waals surface area (Å²) in [7, 11) is 0. The van der Waals surface area contributed by atoms with Gasteiger partial charge in [-0.3, -0.25) is 10.2 Å². The van der Waals surface area contributed by atoms with E-state index in [0.29, 0.717) is 17.1 Å². The molecule has 2 aromatic carbocycles. The molecule has 8 nitrogen and oxygen atoms in total. The van der Waals surface area contributed by atoms with Gasteiger partial charge in [0.1, 0.15) is 5.92 Å². The molecule has 1 aliphatic rings. The second kappa shape index (κ2) is 8.40. The average molecular weight is 395 g/mol. The first-order valence-electron chi connectivity index (χ1n) is 8.33. The third kappa shape index (κ3) is 4.38. The van der Waals surface area contributed by atoms with Crippen molar-refractivity contribution in [2.24, 2.45) is 16.1 Å². The van der Waals surface area contributed by atoms with E-state index in [-0.39, 0.29) is 16.6 Å². The van der Waals surface area contributed by atoms with Crippen molar-refractivity contribution in [3.63, 3.8) is 0 Å². The standard InChI is InChI=1S/C19H17N5O3S/c1-12-16(17(25)24(23-12)15-8-3-2-4-9-15)11-20-22-19(28)21-14-7-5-6-13(10-14)18(26)27/h2-11,16H,1H3,(H,26,27)(H2,21,22,28)/b20-11+. The predicted octanol–water partition coefficient (Wildman–Crippen LogP) is 2.70. The normalized spacial score (nSPS) is 16.2. The number of hydrazone groups is 2. The quantitative estimate of drug-likeness (QED) is 0.408. The van der Waals surface area contributed by atoms with Gasteiger partial charge in [-0.25, -0.2) is 4.79 Å². The lowest BCUT2D eigenvalue weighted by Gasteiger charge is -2.12. The minimum Gasteiger partial charge on any atom is -0.478 e. The first-order valence-corrected chi connectivity index (χ1v) is 8.74. The molecular formula is C19H17N5O3S. The summed E-state index contributed by atoms with van der Waals surface area (Å²) < 4.78 is 0. The molecule has 1 atom stereocenters. The van der Waals surface area contributed by atoms with Gasteiger partial charge < -0.3 is 10.4 Å². The van der Waals surface area contributed by atoms with Crippen molar-refractivity contribution in [1.29, 1.82) is 0 Å². The fourth-order valence-corrected chi connectivity index (χ4v) is 2.74. The second-order valence-electron chi connectivity index (χ2n) is 5.93. The summed E-state index contributed by atoms with van der Waals surface area (Å²) in [6.07, 6.45) is 1.44. The molecule has 0 saturated heterocycles. The maximum Gasteiger partial charge on any atom is 0.335 e. The highest BCUT2D eigenvalue weighted by Gasteiger charge is 2.33. The Labute approximate surface area is 166 Å². The third-order valence-corrected chi connectivity index (χ3v) is 4.13. The van der Waals surface area contributed by atoms with E-state index >= 15 is 0 Å². The molecule has 1 amide bonds. The Balaban J connectivity index is 1.59. The van der Waals surface area contributed by atoms with Crippen LogP contribution in [0.1, 0.15) is 17.3 Å². The van der Waals surface area contributed by atoms with Crippen molar-refractivity contribution in [3.8, 4) is 0 Å². The van der Waals surface area contributed by atoms with Crippen LogP contribution in [-0.4, -0.2) is 34.0 Å². The molecule has 2 aromatic rings. The van der Waals surface area contributed by atoms with Crippen molar-refractivity contribution in [1.82, 2.24) is 5.43 Å².